The van der Waals surface area contributed by atoms with Crippen LogP contribution in [0.4, 0.5) is 10.3 Å². The Balaban J connectivity index is 1.65. The van der Waals surface area contributed by atoms with Gasteiger partial charge in [-0.3, -0.25) is 20.2 Å². The number of amides is 2. The number of carbonyl (C=O) groups is 4. The van der Waals surface area contributed by atoms with Crippen LogP contribution in [0.25, 0.3) is 0 Å². The second kappa shape index (κ2) is 11.0. The van der Waals surface area contributed by atoms with E-state index in [0.717, 1.165) is 22.7 Å². The summed E-state index contributed by atoms with van der Waals surface area (Å²) in [7, 11) is 0. The van der Waals surface area contributed by atoms with Gasteiger partial charge in [-0.15, -0.1) is 0 Å². The van der Waals surface area contributed by atoms with Gasteiger partial charge in [0.2, 0.25) is 0 Å². The molecule has 0 bridgehead atoms. The number of esters is 2. The Bertz CT molecular complexity index is 1140. The molecular formula is C22H22N4O6S2. The summed E-state index contributed by atoms with van der Waals surface area (Å²) in [5.74, 6) is -1.85. The number of ether oxygens (including phenoxy) is 2. The van der Waals surface area contributed by atoms with Gasteiger partial charge < -0.3 is 9.47 Å². The molecule has 0 atom stereocenters. The number of benzene rings is 1. The van der Waals surface area contributed by atoms with E-state index in [4.69, 9.17) is 9.47 Å². The van der Waals surface area contributed by atoms with Crippen LogP contribution in [-0.4, -0.2) is 46.9 Å². The highest BCUT2D eigenvalue weighted by atomic mass is 32.1. The van der Waals surface area contributed by atoms with Crippen molar-refractivity contribution in [3.05, 3.63) is 56.5 Å². The van der Waals surface area contributed by atoms with Crippen molar-refractivity contribution in [2.24, 2.45) is 0 Å². The van der Waals surface area contributed by atoms with Crippen LogP contribution in [0.1, 0.15) is 65.3 Å². The number of carbonyl (C=O) groups excluding carboxylic acids is 4. The van der Waals surface area contributed by atoms with Gasteiger partial charge in [0, 0.05) is 11.1 Å². The Morgan fingerprint density at radius 2 is 1.09 bits per heavy atom. The first-order valence-corrected chi connectivity index (χ1v) is 11.9. The van der Waals surface area contributed by atoms with Crippen LogP contribution in [0, 0.1) is 13.8 Å². The molecule has 34 heavy (non-hydrogen) atoms. The maximum Gasteiger partial charge on any atom is 0.350 e. The Morgan fingerprint density at radius 1 is 0.735 bits per heavy atom. The smallest absolute Gasteiger partial charge is 0.350 e. The van der Waals surface area contributed by atoms with Crippen LogP contribution >= 0.6 is 22.7 Å². The summed E-state index contributed by atoms with van der Waals surface area (Å²) < 4.78 is 9.95. The maximum absolute atomic E-state index is 12.5. The Hall–Kier alpha value is -3.64. The van der Waals surface area contributed by atoms with Crippen LogP contribution < -0.4 is 10.6 Å². The Kier molecular flexibility index (Phi) is 8.08. The molecule has 10 nitrogen and oxygen atoms in total. The molecule has 0 aliphatic carbocycles. The zero-order valence-corrected chi connectivity index (χ0v) is 20.5. The standard InChI is InChI=1S/C22H22N4O6S2/c1-5-31-19(29)15-11(3)23-21(33-15)25-17(27)13-7-9-14(10-8-13)18(28)26-22-24-12(4)16(34-22)20(30)32-6-2/h7-10H,5-6H2,1-4H3,(H,23,25,27)(H,24,26,28). The summed E-state index contributed by atoms with van der Waals surface area (Å²) in [5.41, 5.74) is 1.54. The van der Waals surface area contributed by atoms with Gasteiger partial charge in [-0.25, -0.2) is 19.6 Å². The van der Waals surface area contributed by atoms with Crippen molar-refractivity contribution < 1.29 is 28.7 Å². The lowest BCUT2D eigenvalue weighted by Gasteiger charge is -2.04. The highest BCUT2D eigenvalue weighted by Gasteiger charge is 2.20. The van der Waals surface area contributed by atoms with Gasteiger partial charge in [0.25, 0.3) is 11.8 Å². The third-order valence-electron chi connectivity index (χ3n) is 4.37. The first-order valence-electron chi connectivity index (χ1n) is 10.2. The lowest BCUT2D eigenvalue weighted by atomic mass is 10.1. The number of anilines is 2. The van der Waals surface area contributed by atoms with Crippen molar-refractivity contribution in [3.8, 4) is 0 Å². The number of hydrogen-bond donors (Lipinski definition) is 2. The lowest BCUT2D eigenvalue weighted by molar-refractivity contribution is 0.0521. The van der Waals surface area contributed by atoms with Crippen molar-refractivity contribution in [1.29, 1.82) is 0 Å². The summed E-state index contributed by atoms with van der Waals surface area (Å²) in [6.07, 6.45) is 0. The second-order valence-corrected chi connectivity index (χ2v) is 8.79. The van der Waals surface area contributed by atoms with E-state index in [2.05, 4.69) is 20.6 Å². The van der Waals surface area contributed by atoms with Crippen molar-refractivity contribution in [1.82, 2.24) is 9.97 Å². The second-order valence-electron chi connectivity index (χ2n) is 6.79. The van der Waals surface area contributed by atoms with Crippen LogP contribution in [0.3, 0.4) is 0 Å². The number of aryl methyl sites for hydroxylation is 2. The zero-order valence-electron chi connectivity index (χ0n) is 18.9. The van der Waals surface area contributed by atoms with E-state index < -0.39 is 23.8 Å². The normalized spacial score (nSPS) is 10.5. The minimum absolute atomic E-state index is 0.243. The van der Waals surface area contributed by atoms with Gasteiger partial charge in [0.1, 0.15) is 9.75 Å². The van der Waals surface area contributed by atoms with Crippen molar-refractivity contribution in [3.63, 3.8) is 0 Å². The van der Waals surface area contributed by atoms with Crippen molar-refractivity contribution >= 4 is 56.7 Å². The molecule has 12 heteroatoms. The van der Waals surface area contributed by atoms with Gasteiger partial charge >= 0.3 is 11.9 Å². The van der Waals surface area contributed by atoms with Crippen LogP contribution in [-0.2, 0) is 9.47 Å². The fraction of sp³-hybridized carbons (Fsp3) is 0.273. The largest absolute Gasteiger partial charge is 0.462 e. The van der Waals surface area contributed by atoms with Gasteiger partial charge in [-0.1, -0.05) is 22.7 Å². The van der Waals surface area contributed by atoms with Crippen LogP contribution in [0.15, 0.2) is 24.3 Å². The molecule has 3 rings (SSSR count). The predicted octanol–water partition coefficient (Wildman–Crippen LogP) is 4.07. The molecule has 0 saturated heterocycles. The molecule has 2 N–H and O–H groups in total. The fourth-order valence-corrected chi connectivity index (χ4v) is 4.49. The molecule has 2 amide bonds. The van der Waals surface area contributed by atoms with E-state index >= 15 is 0 Å². The third-order valence-corrected chi connectivity index (χ3v) is 6.47. The van der Waals surface area contributed by atoms with Crippen LogP contribution in [0.2, 0.25) is 0 Å². The summed E-state index contributed by atoms with van der Waals surface area (Å²) in [6, 6.07) is 5.98. The highest BCUT2D eigenvalue weighted by Crippen LogP contribution is 2.25. The molecule has 0 aliphatic rings. The third kappa shape index (κ3) is 5.83. The maximum atomic E-state index is 12.5. The van der Waals surface area contributed by atoms with Gasteiger partial charge in [-0.05, 0) is 52.0 Å². The van der Waals surface area contributed by atoms with E-state index in [9.17, 15) is 19.2 Å². The highest BCUT2D eigenvalue weighted by molar-refractivity contribution is 7.18. The first-order chi connectivity index (χ1) is 16.2. The molecule has 0 aliphatic heterocycles. The van der Waals surface area contributed by atoms with Crippen molar-refractivity contribution in [2.75, 3.05) is 23.8 Å². The average molecular weight is 503 g/mol. The molecule has 0 unspecified atom stereocenters. The minimum atomic E-state index is -0.488. The topological polar surface area (TPSA) is 137 Å². The summed E-state index contributed by atoms with van der Waals surface area (Å²) in [4.78, 5) is 58.0. The van der Waals surface area contributed by atoms with E-state index in [0.29, 0.717) is 32.3 Å². The number of hydrogen-bond acceptors (Lipinski definition) is 10. The number of rotatable bonds is 8. The molecule has 1 aromatic carbocycles. The van der Waals surface area contributed by atoms with Gasteiger partial charge in [-0.2, -0.15) is 0 Å². The van der Waals surface area contributed by atoms with E-state index in [-0.39, 0.29) is 23.5 Å². The monoisotopic (exact) mass is 502 g/mol. The van der Waals surface area contributed by atoms with Gasteiger partial charge in [0.05, 0.1) is 24.6 Å². The molecule has 0 saturated carbocycles. The molecule has 0 radical (unpaired) electrons. The van der Waals surface area contributed by atoms with E-state index in [1.54, 1.807) is 27.7 Å². The van der Waals surface area contributed by atoms with E-state index in [1.807, 2.05) is 0 Å². The fourth-order valence-electron chi connectivity index (χ4n) is 2.78. The number of thiazole rings is 2. The molecule has 2 heterocycles. The number of nitrogens with zero attached hydrogens (tertiary/aromatic N) is 2. The Labute approximate surface area is 203 Å². The SMILES string of the molecule is CCOC(=O)c1sc(NC(=O)c2ccc(C(=O)Nc3nc(C)c(C(=O)OCC)s3)cc2)nc1C. The minimum Gasteiger partial charge on any atom is -0.462 e. The van der Waals surface area contributed by atoms with Gasteiger partial charge in [0.15, 0.2) is 10.3 Å². The average Bonchev–Trinajstić information content (AvgIpc) is 3.35. The molecule has 3 aromatic rings. The molecule has 2 aromatic heterocycles. The van der Waals surface area contributed by atoms with Crippen LogP contribution in [0.5, 0.6) is 0 Å². The zero-order chi connectivity index (χ0) is 24.8. The lowest BCUT2D eigenvalue weighted by Crippen LogP contribution is -2.14. The van der Waals surface area contributed by atoms with Crippen molar-refractivity contribution in [2.45, 2.75) is 27.7 Å². The molecule has 0 spiro atoms. The predicted molar refractivity (Wildman–Crippen MR) is 128 cm³/mol. The quantitative estimate of drug-likeness (QED) is 0.440. The molecular weight excluding hydrogens is 480 g/mol. The first kappa shape index (κ1) is 25.0. The summed E-state index contributed by atoms with van der Waals surface area (Å²) >= 11 is 2.05. The van der Waals surface area contributed by atoms with E-state index in [1.165, 1.54) is 24.3 Å². The summed E-state index contributed by atoms with van der Waals surface area (Å²) in [6.45, 7) is 7.22. The Morgan fingerprint density at radius 3 is 1.41 bits per heavy atom. The summed E-state index contributed by atoms with van der Waals surface area (Å²) in [5, 5.41) is 5.82. The molecule has 178 valence electrons. The molecule has 0 fully saturated rings. The number of aromatic nitrogens is 2. The number of nitrogens with one attached hydrogen (secondary N) is 2.